The van der Waals surface area contributed by atoms with Crippen LogP contribution in [0.5, 0.6) is 0 Å². The second-order valence-corrected chi connectivity index (χ2v) is 10.00. The molecular formula is C31H26Cl2N2O3. The average Bonchev–Trinajstić information content (AvgIpc) is 3.56. The monoisotopic (exact) mass is 544 g/mol. The Morgan fingerprint density at radius 3 is 2.71 bits per heavy atom. The number of fused-ring (bicyclic) bond motifs is 1. The first-order valence-corrected chi connectivity index (χ1v) is 13.1. The summed E-state index contributed by atoms with van der Waals surface area (Å²) in [5, 5.41) is 3.80. The number of aryl methyl sites for hydroxylation is 1. The summed E-state index contributed by atoms with van der Waals surface area (Å²) in [6.07, 6.45) is 4.08. The lowest BCUT2D eigenvalue weighted by molar-refractivity contribution is -0.111. The van der Waals surface area contributed by atoms with Crippen LogP contribution in [0.25, 0.3) is 40.0 Å². The van der Waals surface area contributed by atoms with Crippen LogP contribution in [-0.2, 0) is 4.79 Å². The van der Waals surface area contributed by atoms with E-state index in [9.17, 15) is 4.79 Å². The van der Waals surface area contributed by atoms with Gasteiger partial charge in [-0.15, -0.1) is 0 Å². The molecule has 0 aliphatic rings. The van der Waals surface area contributed by atoms with Gasteiger partial charge in [0.15, 0.2) is 5.58 Å². The van der Waals surface area contributed by atoms with Crippen molar-refractivity contribution < 1.29 is 13.6 Å². The molecule has 0 saturated heterocycles. The smallest absolute Gasteiger partial charge is 0.248 e. The lowest BCUT2D eigenvalue weighted by Crippen LogP contribution is -2.09. The van der Waals surface area contributed by atoms with Crippen molar-refractivity contribution in [3.8, 4) is 22.8 Å². The third kappa shape index (κ3) is 5.40. The number of nitrogens with zero attached hydrogens (tertiary/aromatic N) is 1. The van der Waals surface area contributed by atoms with Crippen LogP contribution in [0.4, 0.5) is 5.69 Å². The SMILES string of the molecule is CCC(C)c1ccc2oc(-c3ccc(C)c(NC(=O)C=Cc4ccc(-c5cccc(Cl)c5Cl)o4)c3)nc2c1. The molecule has 7 heteroatoms. The first-order valence-electron chi connectivity index (χ1n) is 12.4. The van der Waals surface area contributed by atoms with E-state index in [2.05, 4.69) is 31.3 Å². The van der Waals surface area contributed by atoms with Crippen LogP contribution in [0.15, 0.2) is 81.6 Å². The Hall–Kier alpha value is -3.80. The van der Waals surface area contributed by atoms with Gasteiger partial charge in [0.2, 0.25) is 11.8 Å². The van der Waals surface area contributed by atoms with Gasteiger partial charge in [0.25, 0.3) is 0 Å². The number of benzene rings is 3. The number of amides is 1. The molecule has 2 heterocycles. The summed E-state index contributed by atoms with van der Waals surface area (Å²) >= 11 is 12.4. The zero-order chi connectivity index (χ0) is 26.8. The summed E-state index contributed by atoms with van der Waals surface area (Å²) < 4.78 is 11.8. The maximum Gasteiger partial charge on any atom is 0.248 e. The predicted molar refractivity (Wildman–Crippen MR) is 155 cm³/mol. The Labute approximate surface area is 231 Å². The number of halogens is 2. The first-order chi connectivity index (χ1) is 18.3. The van der Waals surface area contributed by atoms with Crippen molar-refractivity contribution in [2.45, 2.75) is 33.1 Å². The van der Waals surface area contributed by atoms with Crippen LogP contribution in [0.3, 0.4) is 0 Å². The number of aromatic nitrogens is 1. The van der Waals surface area contributed by atoms with Crippen LogP contribution in [0.1, 0.15) is 43.1 Å². The molecule has 3 aromatic carbocycles. The normalized spacial score (nSPS) is 12.3. The molecule has 38 heavy (non-hydrogen) atoms. The molecule has 0 radical (unpaired) electrons. The Kier molecular flexibility index (Phi) is 7.41. The van der Waals surface area contributed by atoms with Gasteiger partial charge in [0, 0.05) is 22.9 Å². The van der Waals surface area contributed by atoms with E-state index in [0.717, 1.165) is 28.6 Å². The van der Waals surface area contributed by atoms with Gasteiger partial charge in [-0.05, 0) is 85.0 Å². The van der Waals surface area contributed by atoms with Crippen molar-refractivity contribution in [3.05, 3.63) is 99.7 Å². The zero-order valence-electron chi connectivity index (χ0n) is 21.2. The highest BCUT2D eigenvalue weighted by Crippen LogP contribution is 2.35. The standard InChI is InChI=1S/C31H26Cl2N2O3/c1-4-18(2)20-10-13-28-26(16-20)35-31(38-28)21-9-8-19(3)25(17-21)34-29(36)15-12-22-11-14-27(37-22)23-6-5-7-24(32)30(23)33/h5-18H,4H2,1-3H3,(H,34,36). The van der Waals surface area contributed by atoms with Crippen LogP contribution in [-0.4, -0.2) is 10.9 Å². The number of oxazole rings is 1. The molecule has 0 spiro atoms. The van der Waals surface area contributed by atoms with E-state index in [1.807, 2.05) is 37.3 Å². The molecule has 0 fully saturated rings. The molecule has 2 aromatic heterocycles. The molecule has 5 rings (SSSR count). The molecule has 1 N–H and O–H groups in total. The number of rotatable bonds is 7. The van der Waals surface area contributed by atoms with E-state index in [-0.39, 0.29) is 5.91 Å². The predicted octanol–water partition coefficient (Wildman–Crippen LogP) is 9.54. The molecule has 0 aliphatic heterocycles. The van der Waals surface area contributed by atoms with Crippen molar-refractivity contribution in [2.24, 2.45) is 0 Å². The molecule has 0 saturated carbocycles. The Morgan fingerprint density at radius 2 is 1.89 bits per heavy atom. The van der Waals surface area contributed by atoms with Crippen molar-refractivity contribution in [1.29, 1.82) is 0 Å². The molecule has 1 unspecified atom stereocenters. The van der Waals surface area contributed by atoms with Gasteiger partial charge in [-0.1, -0.05) is 55.2 Å². The van der Waals surface area contributed by atoms with Crippen LogP contribution in [0.2, 0.25) is 10.0 Å². The molecule has 0 aliphatic carbocycles. The number of hydrogen-bond acceptors (Lipinski definition) is 4. The lowest BCUT2D eigenvalue weighted by Gasteiger charge is -2.08. The quantitative estimate of drug-likeness (QED) is 0.207. The second-order valence-electron chi connectivity index (χ2n) is 9.21. The molecule has 5 nitrogen and oxygen atoms in total. The summed E-state index contributed by atoms with van der Waals surface area (Å²) in [5.74, 6) is 1.75. The topological polar surface area (TPSA) is 68.3 Å². The largest absolute Gasteiger partial charge is 0.457 e. The van der Waals surface area contributed by atoms with E-state index in [4.69, 9.17) is 37.0 Å². The third-order valence-electron chi connectivity index (χ3n) is 6.58. The van der Waals surface area contributed by atoms with E-state index < -0.39 is 0 Å². The summed E-state index contributed by atoms with van der Waals surface area (Å²) in [5.41, 5.74) is 5.85. The van der Waals surface area contributed by atoms with E-state index >= 15 is 0 Å². The maximum atomic E-state index is 12.7. The number of furan rings is 1. The van der Waals surface area contributed by atoms with Gasteiger partial charge >= 0.3 is 0 Å². The number of anilines is 1. The van der Waals surface area contributed by atoms with Crippen molar-refractivity contribution in [2.75, 3.05) is 5.32 Å². The third-order valence-corrected chi connectivity index (χ3v) is 7.40. The lowest BCUT2D eigenvalue weighted by atomic mass is 9.98. The molecule has 0 bridgehead atoms. The maximum absolute atomic E-state index is 12.7. The molecule has 5 aromatic rings. The fourth-order valence-corrected chi connectivity index (χ4v) is 4.51. The number of hydrogen-bond donors (Lipinski definition) is 1. The summed E-state index contributed by atoms with van der Waals surface area (Å²) in [7, 11) is 0. The minimum Gasteiger partial charge on any atom is -0.457 e. The minimum absolute atomic E-state index is 0.292. The highest BCUT2D eigenvalue weighted by atomic mass is 35.5. The van der Waals surface area contributed by atoms with Gasteiger partial charge in [-0.25, -0.2) is 4.98 Å². The summed E-state index contributed by atoms with van der Waals surface area (Å²) in [6, 6.07) is 20.8. The molecule has 1 amide bonds. The summed E-state index contributed by atoms with van der Waals surface area (Å²) in [6.45, 7) is 6.30. The van der Waals surface area contributed by atoms with Crippen LogP contribution in [0, 0.1) is 6.92 Å². The van der Waals surface area contributed by atoms with Crippen LogP contribution >= 0.6 is 23.2 Å². The van der Waals surface area contributed by atoms with Gasteiger partial charge < -0.3 is 14.2 Å². The second kappa shape index (κ2) is 10.9. The minimum atomic E-state index is -0.292. The van der Waals surface area contributed by atoms with Crippen molar-refractivity contribution in [1.82, 2.24) is 4.98 Å². The van der Waals surface area contributed by atoms with Gasteiger partial charge in [-0.3, -0.25) is 4.79 Å². The zero-order valence-corrected chi connectivity index (χ0v) is 22.7. The van der Waals surface area contributed by atoms with Gasteiger partial charge in [-0.2, -0.15) is 0 Å². The van der Waals surface area contributed by atoms with Crippen molar-refractivity contribution in [3.63, 3.8) is 0 Å². The van der Waals surface area contributed by atoms with Gasteiger partial charge in [0.1, 0.15) is 17.0 Å². The average molecular weight is 545 g/mol. The first kappa shape index (κ1) is 25.8. The van der Waals surface area contributed by atoms with Crippen molar-refractivity contribution >= 4 is 52.0 Å². The van der Waals surface area contributed by atoms with Crippen LogP contribution < -0.4 is 5.32 Å². The van der Waals surface area contributed by atoms with Gasteiger partial charge in [0.05, 0.1) is 10.0 Å². The number of nitrogens with one attached hydrogen (secondary N) is 1. The number of carbonyl (C=O) groups excluding carboxylic acids is 1. The molecular weight excluding hydrogens is 519 g/mol. The molecule has 1 atom stereocenters. The van der Waals surface area contributed by atoms with E-state index in [1.54, 1.807) is 30.3 Å². The molecule has 192 valence electrons. The van der Waals surface area contributed by atoms with E-state index in [0.29, 0.717) is 44.6 Å². The Balaban J connectivity index is 1.32. The Bertz CT molecular complexity index is 1670. The Morgan fingerprint density at radius 1 is 1.05 bits per heavy atom. The highest BCUT2D eigenvalue weighted by molar-refractivity contribution is 6.43. The fraction of sp³-hybridized carbons (Fsp3) is 0.161. The summed E-state index contributed by atoms with van der Waals surface area (Å²) in [4.78, 5) is 17.4. The highest BCUT2D eigenvalue weighted by Gasteiger charge is 2.14. The van der Waals surface area contributed by atoms with E-state index in [1.165, 1.54) is 11.6 Å². The fourth-order valence-electron chi connectivity index (χ4n) is 4.11. The number of carbonyl (C=O) groups is 1.